The number of aliphatic hydroxyl groups is 1. The van der Waals surface area contributed by atoms with Crippen LogP contribution in [0.15, 0.2) is 0 Å². The Labute approximate surface area is 97.2 Å². The van der Waals surface area contributed by atoms with Gasteiger partial charge in [0, 0.05) is 12.5 Å². The highest BCUT2D eigenvalue weighted by molar-refractivity contribution is 5.88. The lowest BCUT2D eigenvalue weighted by molar-refractivity contribution is -0.165. The third-order valence-corrected chi connectivity index (χ3v) is 4.35. The minimum absolute atomic E-state index is 0.00370. The number of Topliss-reactive ketones (excluding diaryl/α,β-unsaturated/α-hetero) is 1. The number of ether oxygens (including phenoxy) is 1. The molecule has 3 heteroatoms. The third kappa shape index (κ3) is 2.03. The van der Waals surface area contributed by atoms with E-state index in [1.807, 2.05) is 6.92 Å². The largest absolute Gasteiger partial charge is 0.382 e. The molecule has 1 aliphatic heterocycles. The smallest absolute Gasteiger partial charge is 0.167 e. The van der Waals surface area contributed by atoms with Crippen molar-refractivity contribution in [2.45, 2.75) is 63.6 Å². The maximum absolute atomic E-state index is 12.2. The van der Waals surface area contributed by atoms with E-state index < -0.39 is 5.60 Å². The predicted octanol–water partition coefficient (Wildman–Crippen LogP) is 2.07. The van der Waals surface area contributed by atoms with Crippen LogP contribution in [0.1, 0.15) is 52.4 Å². The fourth-order valence-corrected chi connectivity index (χ4v) is 2.79. The fraction of sp³-hybridized carbons (Fsp3) is 0.923. The molecule has 0 radical (unpaired) electrons. The molecule has 1 N–H and O–H groups in total. The zero-order valence-electron chi connectivity index (χ0n) is 10.3. The molecule has 2 atom stereocenters. The Hall–Kier alpha value is -0.410. The summed E-state index contributed by atoms with van der Waals surface area (Å²) in [5.74, 6) is 0.0218. The first-order chi connectivity index (χ1) is 7.49. The van der Waals surface area contributed by atoms with Gasteiger partial charge in [-0.05, 0) is 45.4 Å². The zero-order valence-corrected chi connectivity index (χ0v) is 10.3. The molecule has 0 aromatic carbocycles. The summed E-state index contributed by atoms with van der Waals surface area (Å²) in [6.07, 6.45) is 5.48. The highest BCUT2D eigenvalue weighted by Gasteiger charge is 2.46. The summed E-state index contributed by atoms with van der Waals surface area (Å²) in [4.78, 5) is 12.2. The van der Waals surface area contributed by atoms with Crippen LogP contribution in [0.5, 0.6) is 0 Å². The van der Waals surface area contributed by atoms with Crippen molar-refractivity contribution in [3.05, 3.63) is 0 Å². The molecule has 1 aliphatic carbocycles. The van der Waals surface area contributed by atoms with Crippen LogP contribution in [0, 0.1) is 5.92 Å². The molecule has 0 bridgehead atoms. The van der Waals surface area contributed by atoms with Gasteiger partial charge >= 0.3 is 0 Å². The van der Waals surface area contributed by atoms with Crippen LogP contribution in [0.25, 0.3) is 0 Å². The van der Waals surface area contributed by atoms with Gasteiger partial charge in [0.1, 0.15) is 5.60 Å². The molecule has 16 heavy (non-hydrogen) atoms. The van der Waals surface area contributed by atoms with E-state index in [1.54, 1.807) is 6.92 Å². The summed E-state index contributed by atoms with van der Waals surface area (Å²) in [6, 6.07) is 0. The van der Waals surface area contributed by atoms with Crippen molar-refractivity contribution in [3.8, 4) is 0 Å². The standard InChI is InChI=1S/C13H22O3/c1-3-12(2,15)11(14)10-5-8-16-13(9-10)6-4-7-13/h10,15H,3-9H2,1-2H3. The third-order valence-electron chi connectivity index (χ3n) is 4.35. The molecule has 2 unspecified atom stereocenters. The van der Waals surface area contributed by atoms with Crippen LogP contribution in [-0.4, -0.2) is 28.7 Å². The van der Waals surface area contributed by atoms with Gasteiger partial charge in [0.25, 0.3) is 0 Å². The number of carbonyl (C=O) groups is 1. The molecule has 2 rings (SSSR count). The first-order valence-corrected chi connectivity index (χ1v) is 6.40. The van der Waals surface area contributed by atoms with E-state index in [0.29, 0.717) is 13.0 Å². The molecular weight excluding hydrogens is 204 g/mol. The molecular formula is C13H22O3. The van der Waals surface area contributed by atoms with Crippen molar-refractivity contribution >= 4 is 5.78 Å². The summed E-state index contributed by atoms with van der Waals surface area (Å²) in [7, 11) is 0. The second-order valence-corrected chi connectivity index (χ2v) is 5.57. The molecule has 1 saturated heterocycles. The first-order valence-electron chi connectivity index (χ1n) is 6.40. The minimum atomic E-state index is -1.15. The lowest BCUT2D eigenvalue weighted by atomic mass is 9.69. The summed E-state index contributed by atoms with van der Waals surface area (Å²) >= 11 is 0. The number of carbonyl (C=O) groups excluding carboxylic acids is 1. The van der Waals surface area contributed by atoms with Gasteiger partial charge in [-0.15, -0.1) is 0 Å². The Kier molecular flexibility index (Phi) is 3.10. The van der Waals surface area contributed by atoms with Gasteiger partial charge in [-0.1, -0.05) is 6.92 Å². The van der Waals surface area contributed by atoms with Crippen molar-refractivity contribution in [3.63, 3.8) is 0 Å². The molecule has 92 valence electrons. The molecule has 1 saturated carbocycles. The number of hydrogen-bond acceptors (Lipinski definition) is 3. The van der Waals surface area contributed by atoms with E-state index in [2.05, 4.69) is 0 Å². The van der Waals surface area contributed by atoms with Gasteiger partial charge in [-0.3, -0.25) is 4.79 Å². The second kappa shape index (κ2) is 4.11. The molecule has 3 nitrogen and oxygen atoms in total. The van der Waals surface area contributed by atoms with Crippen LogP contribution in [-0.2, 0) is 9.53 Å². The van der Waals surface area contributed by atoms with Gasteiger partial charge in [-0.25, -0.2) is 0 Å². The van der Waals surface area contributed by atoms with E-state index >= 15 is 0 Å². The Morgan fingerprint density at radius 1 is 1.56 bits per heavy atom. The summed E-state index contributed by atoms with van der Waals surface area (Å²) in [5.41, 5.74) is -1.16. The normalized spacial score (nSPS) is 31.8. The first kappa shape index (κ1) is 12.1. The van der Waals surface area contributed by atoms with E-state index in [9.17, 15) is 9.90 Å². The van der Waals surface area contributed by atoms with Gasteiger partial charge in [-0.2, -0.15) is 0 Å². The highest BCUT2D eigenvalue weighted by atomic mass is 16.5. The molecule has 2 fully saturated rings. The van der Waals surface area contributed by atoms with Crippen LogP contribution in [0.3, 0.4) is 0 Å². The molecule has 2 aliphatic rings. The maximum Gasteiger partial charge on any atom is 0.167 e. The van der Waals surface area contributed by atoms with Crippen molar-refractivity contribution < 1.29 is 14.6 Å². The second-order valence-electron chi connectivity index (χ2n) is 5.57. The van der Waals surface area contributed by atoms with E-state index in [-0.39, 0.29) is 17.3 Å². The quantitative estimate of drug-likeness (QED) is 0.801. The monoisotopic (exact) mass is 226 g/mol. The van der Waals surface area contributed by atoms with Crippen molar-refractivity contribution in [1.82, 2.24) is 0 Å². The van der Waals surface area contributed by atoms with Gasteiger partial charge in [0.05, 0.1) is 5.60 Å². The van der Waals surface area contributed by atoms with Crippen LogP contribution < -0.4 is 0 Å². The molecule has 1 heterocycles. The average Bonchev–Trinajstić information content (AvgIpc) is 2.26. The summed E-state index contributed by atoms with van der Waals surface area (Å²) in [6.45, 7) is 4.17. The summed E-state index contributed by atoms with van der Waals surface area (Å²) < 4.78 is 5.79. The number of rotatable bonds is 3. The predicted molar refractivity (Wildman–Crippen MR) is 61.2 cm³/mol. The summed E-state index contributed by atoms with van der Waals surface area (Å²) in [5, 5.41) is 10.0. The SMILES string of the molecule is CCC(C)(O)C(=O)C1CCOC2(CCC2)C1. The molecule has 0 aromatic heterocycles. The van der Waals surface area contributed by atoms with Crippen molar-refractivity contribution in [1.29, 1.82) is 0 Å². The minimum Gasteiger partial charge on any atom is -0.382 e. The van der Waals surface area contributed by atoms with Gasteiger partial charge in [0.15, 0.2) is 5.78 Å². The molecule has 0 amide bonds. The van der Waals surface area contributed by atoms with E-state index in [4.69, 9.17) is 4.74 Å². The van der Waals surface area contributed by atoms with Crippen LogP contribution in [0.4, 0.5) is 0 Å². The number of hydrogen-bond donors (Lipinski definition) is 1. The molecule has 1 spiro atoms. The van der Waals surface area contributed by atoms with E-state index in [0.717, 1.165) is 25.7 Å². The van der Waals surface area contributed by atoms with Crippen LogP contribution >= 0.6 is 0 Å². The Bertz CT molecular complexity index is 279. The highest BCUT2D eigenvalue weighted by Crippen LogP contribution is 2.45. The lowest BCUT2D eigenvalue weighted by Crippen LogP contribution is -2.50. The van der Waals surface area contributed by atoms with Crippen LogP contribution in [0.2, 0.25) is 0 Å². The molecule has 0 aromatic rings. The van der Waals surface area contributed by atoms with E-state index in [1.165, 1.54) is 6.42 Å². The maximum atomic E-state index is 12.2. The Balaban J connectivity index is 2.02. The zero-order chi connectivity index (χ0) is 11.8. The van der Waals surface area contributed by atoms with Crippen molar-refractivity contribution in [2.75, 3.05) is 6.61 Å². The lowest BCUT2D eigenvalue weighted by Gasteiger charge is -2.47. The Morgan fingerprint density at radius 3 is 2.75 bits per heavy atom. The Morgan fingerprint density at radius 2 is 2.25 bits per heavy atom. The topological polar surface area (TPSA) is 46.5 Å². The van der Waals surface area contributed by atoms with Gasteiger partial charge < -0.3 is 9.84 Å². The van der Waals surface area contributed by atoms with Crippen molar-refractivity contribution in [2.24, 2.45) is 5.92 Å². The average molecular weight is 226 g/mol. The fourth-order valence-electron chi connectivity index (χ4n) is 2.79. The number of ketones is 1. The van der Waals surface area contributed by atoms with Gasteiger partial charge in [0.2, 0.25) is 0 Å².